The van der Waals surface area contributed by atoms with Gasteiger partial charge >= 0.3 is 0 Å². The molecule has 0 radical (unpaired) electrons. The van der Waals surface area contributed by atoms with E-state index in [1.807, 2.05) is 17.0 Å². The van der Waals surface area contributed by atoms with E-state index in [0.29, 0.717) is 0 Å². The lowest BCUT2D eigenvalue weighted by molar-refractivity contribution is -0.124. The number of likely N-dealkylation sites (N-methyl/N-ethyl adjacent to an activating group) is 1. The summed E-state index contributed by atoms with van der Waals surface area (Å²) < 4.78 is 0.725. The van der Waals surface area contributed by atoms with Gasteiger partial charge in [-0.25, -0.2) is 0 Å². The second-order valence-corrected chi connectivity index (χ2v) is 8.33. The first-order valence-electron chi connectivity index (χ1n) is 9.05. The molecule has 1 aliphatic carbocycles. The highest BCUT2D eigenvalue weighted by Gasteiger charge is 2.40. The highest BCUT2D eigenvalue weighted by atomic mass is 32.2. The lowest BCUT2D eigenvalue weighted by Crippen LogP contribution is -2.40. The molecule has 1 aromatic carbocycles. The minimum Gasteiger partial charge on any atom is -0.340 e. The van der Waals surface area contributed by atoms with Crippen LogP contribution in [0.15, 0.2) is 40.9 Å². The molecule has 5 heteroatoms. The van der Waals surface area contributed by atoms with Crippen LogP contribution in [0.3, 0.4) is 0 Å². The third-order valence-corrected chi connectivity index (χ3v) is 6.63. The first-order valence-corrected chi connectivity index (χ1v) is 10.3. The summed E-state index contributed by atoms with van der Waals surface area (Å²) in [6.07, 6.45) is 9.99. The van der Waals surface area contributed by atoms with Crippen molar-refractivity contribution in [2.75, 3.05) is 11.4 Å². The molecule has 1 amide bonds. The normalized spacial score (nSPS) is 24.2. The largest absolute Gasteiger partial charge is 0.340 e. The van der Waals surface area contributed by atoms with Crippen molar-refractivity contribution in [3.05, 3.63) is 46.5 Å². The zero-order valence-corrected chi connectivity index (χ0v) is 16.0. The molecule has 4 rings (SSSR count). The van der Waals surface area contributed by atoms with Crippen molar-refractivity contribution in [1.29, 1.82) is 0 Å². The van der Waals surface area contributed by atoms with Gasteiger partial charge in [0.25, 0.3) is 5.91 Å². The van der Waals surface area contributed by atoms with Gasteiger partial charge in [0.05, 0.1) is 5.70 Å². The van der Waals surface area contributed by atoms with E-state index in [0.717, 1.165) is 40.0 Å². The molecule has 0 aromatic heterocycles. The van der Waals surface area contributed by atoms with E-state index in [1.54, 1.807) is 0 Å². The van der Waals surface area contributed by atoms with Crippen molar-refractivity contribution in [3.63, 3.8) is 0 Å². The zero-order chi connectivity index (χ0) is 17.4. The van der Waals surface area contributed by atoms with Gasteiger partial charge in [-0.2, -0.15) is 0 Å². The van der Waals surface area contributed by atoms with E-state index < -0.39 is 0 Å². The van der Waals surface area contributed by atoms with Gasteiger partial charge in [0.2, 0.25) is 0 Å². The number of carbonyl (C=O) groups is 1. The number of para-hydroxylation sites is 1. The number of fused-ring (bicyclic) bond motifs is 1. The van der Waals surface area contributed by atoms with Crippen LogP contribution >= 0.6 is 24.0 Å². The second-order valence-electron chi connectivity index (χ2n) is 6.69. The fraction of sp³-hybridized carbons (Fsp3) is 0.400. The van der Waals surface area contributed by atoms with Gasteiger partial charge in [0.1, 0.15) is 9.23 Å². The molecule has 1 aromatic rings. The summed E-state index contributed by atoms with van der Waals surface area (Å²) in [5.74, 6) is 0.0966. The Hall–Kier alpha value is -1.59. The third-order valence-electron chi connectivity index (χ3n) is 5.23. The number of benzene rings is 1. The number of nitrogens with zero attached hydrogens (tertiary/aromatic N) is 2. The predicted molar refractivity (Wildman–Crippen MR) is 109 cm³/mol. The number of allylic oxidation sites excluding steroid dienone is 1. The topological polar surface area (TPSA) is 23.6 Å². The molecule has 2 aliphatic heterocycles. The van der Waals surface area contributed by atoms with Crippen molar-refractivity contribution in [3.8, 4) is 0 Å². The van der Waals surface area contributed by atoms with Crippen molar-refractivity contribution in [1.82, 2.24) is 4.90 Å². The molecule has 1 saturated carbocycles. The molecule has 0 spiro atoms. The fourth-order valence-electron chi connectivity index (χ4n) is 3.99. The maximum Gasteiger partial charge on any atom is 0.268 e. The Balaban J connectivity index is 1.71. The number of rotatable bonds is 2. The van der Waals surface area contributed by atoms with Crippen LogP contribution in [0.1, 0.15) is 44.6 Å². The molecular weight excluding hydrogens is 348 g/mol. The lowest BCUT2D eigenvalue weighted by atomic mass is 9.94. The number of thiocarbonyl (C=S) groups is 1. The fourth-order valence-corrected chi connectivity index (χ4v) is 5.45. The standard InChI is InChI=1S/C20H22N2OS2/c1-2-21-16-11-7-6-8-14(16)12-13-17(21)18-19(23)22(20(24)25-18)15-9-4-3-5-10-15/h6-8,11-13,15H,2-5,9-10H2,1H3/b18-17+. The Morgan fingerprint density at radius 2 is 1.92 bits per heavy atom. The maximum atomic E-state index is 13.2. The molecule has 3 aliphatic rings. The lowest BCUT2D eigenvalue weighted by Gasteiger charge is -2.31. The van der Waals surface area contributed by atoms with Gasteiger partial charge in [-0.1, -0.05) is 67.5 Å². The smallest absolute Gasteiger partial charge is 0.268 e. The van der Waals surface area contributed by atoms with E-state index in [9.17, 15) is 4.79 Å². The minimum atomic E-state index is 0.0966. The SMILES string of the molecule is CCN1/C(=C2/SC(=S)N(C3CCCCC3)C2=O)C=Cc2ccccc21. The summed E-state index contributed by atoms with van der Waals surface area (Å²) in [7, 11) is 0. The summed E-state index contributed by atoms with van der Waals surface area (Å²) >= 11 is 7.06. The average Bonchev–Trinajstić information content (AvgIpc) is 2.95. The Labute approximate surface area is 158 Å². The van der Waals surface area contributed by atoms with Gasteiger partial charge in [0, 0.05) is 18.3 Å². The quantitative estimate of drug-likeness (QED) is 0.543. The van der Waals surface area contributed by atoms with Crippen molar-refractivity contribution < 1.29 is 4.79 Å². The molecule has 1 saturated heterocycles. The van der Waals surface area contributed by atoms with E-state index in [4.69, 9.17) is 12.2 Å². The van der Waals surface area contributed by atoms with Crippen LogP contribution in [0.5, 0.6) is 0 Å². The van der Waals surface area contributed by atoms with E-state index in [1.165, 1.54) is 36.6 Å². The number of carbonyl (C=O) groups excluding carboxylic acids is 1. The first-order chi connectivity index (χ1) is 12.2. The van der Waals surface area contributed by atoms with Gasteiger partial charge in [-0.3, -0.25) is 9.69 Å². The number of thioether (sulfide) groups is 1. The predicted octanol–water partition coefficient (Wildman–Crippen LogP) is 4.94. The molecule has 25 heavy (non-hydrogen) atoms. The molecule has 2 heterocycles. The Morgan fingerprint density at radius 1 is 1.16 bits per heavy atom. The molecule has 0 N–H and O–H groups in total. The molecule has 0 bridgehead atoms. The maximum absolute atomic E-state index is 13.2. The zero-order valence-electron chi connectivity index (χ0n) is 14.4. The molecule has 3 nitrogen and oxygen atoms in total. The van der Waals surface area contributed by atoms with Crippen LogP contribution in [0.25, 0.3) is 6.08 Å². The van der Waals surface area contributed by atoms with E-state index >= 15 is 0 Å². The first kappa shape index (κ1) is 16.9. The van der Waals surface area contributed by atoms with Crippen LogP contribution in [0.2, 0.25) is 0 Å². The van der Waals surface area contributed by atoms with E-state index in [-0.39, 0.29) is 11.9 Å². The van der Waals surface area contributed by atoms with Gasteiger partial charge in [0.15, 0.2) is 0 Å². The van der Waals surface area contributed by atoms with Gasteiger partial charge in [-0.15, -0.1) is 0 Å². The van der Waals surface area contributed by atoms with Crippen molar-refractivity contribution >= 4 is 46.0 Å². The van der Waals surface area contributed by atoms with Crippen LogP contribution < -0.4 is 4.90 Å². The molecule has 0 atom stereocenters. The molecule has 130 valence electrons. The Kier molecular flexibility index (Phi) is 4.69. The number of hydrogen-bond acceptors (Lipinski definition) is 4. The molecule has 0 unspecified atom stereocenters. The number of hydrogen-bond donors (Lipinski definition) is 0. The summed E-state index contributed by atoms with van der Waals surface area (Å²) in [6.45, 7) is 2.95. The number of amides is 1. The number of anilines is 1. The summed E-state index contributed by atoms with van der Waals surface area (Å²) in [5.41, 5.74) is 3.33. The molecule has 2 fully saturated rings. The summed E-state index contributed by atoms with van der Waals surface area (Å²) in [4.78, 5) is 18.1. The highest BCUT2D eigenvalue weighted by molar-refractivity contribution is 8.26. The van der Waals surface area contributed by atoms with Crippen LogP contribution in [0.4, 0.5) is 5.69 Å². The van der Waals surface area contributed by atoms with Crippen LogP contribution in [-0.2, 0) is 4.79 Å². The Bertz CT molecular complexity index is 778. The van der Waals surface area contributed by atoms with E-state index in [2.05, 4.69) is 36.1 Å². The third kappa shape index (κ3) is 2.93. The Morgan fingerprint density at radius 3 is 2.68 bits per heavy atom. The monoisotopic (exact) mass is 370 g/mol. The van der Waals surface area contributed by atoms with Crippen LogP contribution in [0, 0.1) is 0 Å². The van der Waals surface area contributed by atoms with Crippen molar-refractivity contribution in [2.45, 2.75) is 45.1 Å². The summed E-state index contributed by atoms with van der Waals surface area (Å²) in [5, 5.41) is 0. The van der Waals surface area contributed by atoms with Crippen LogP contribution in [-0.4, -0.2) is 27.7 Å². The minimum absolute atomic E-state index is 0.0966. The molecular formula is C20H22N2OS2. The second kappa shape index (κ2) is 6.96. The summed E-state index contributed by atoms with van der Waals surface area (Å²) in [6, 6.07) is 8.60. The van der Waals surface area contributed by atoms with Gasteiger partial charge < -0.3 is 4.90 Å². The van der Waals surface area contributed by atoms with Crippen molar-refractivity contribution in [2.24, 2.45) is 0 Å². The van der Waals surface area contributed by atoms with Gasteiger partial charge in [-0.05, 0) is 37.5 Å². The average molecular weight is 371 g/mol. The highest BCUT2D eigenvalue weighted by Crippen LogP contribution is 2.41.